The number of fused-ring (bicyclic) bond motifs is 1. The lowest BCUT2D eigenvalue weighted by Crippen LogP contribution is -2.12. The molecular weight excluding hydrogens is 337 g/mol. The van der Waals surface area contributed by atoms with Gasteiger partial charge in [0.2, 0.25) is 0 Å². The van der Waals surface area contributed by atoms with Gasteiger partial charge in [0.15, 0.2) is 0 Å². The van der Waals surface area contributed by atoms with E-state index in [9.17, 15) is 9.18 Å². The molecule has 118 valence electrons. The van der Waals surface area contributed by atoms with Gasteiger partial charge in [-0.2, -0.15) is 0 Å². The van der Waals surface area contributed by atoms with Gasteiger partial charge in [-0.05, 0) is 30.3 Å². The number of benzene rings is 2. The van der Waals surface area contributed by atoms with Crippen LogP contribution in [0, 0.1) is 5.82 Å². The number of nitrogens with one attached hydrogen (secondary N) is 1. The molecule has 3 rings (SSSR count). The van der Waals surface area contributed by atoms with Crippen LogP contribution < -0.4 is 5.32 Å². The third-order valence-corrected chi connectivity index (χ3v) is 4.77. The van der Waals surface area contributed by atoms with Gasteiger partial charge in [-0.25, -0.2) is 4.39 Å². The fourth-order valence-corrected chi connectivity index (χ4v) is 3.69. The average Bonchev–Trinajstić information content (AvgIpc) is 2.88. The molecule has 1 N–H and O–H groups in total. The van der Waals surface area contributed by atoms with Crippen molar-refractivity contribution in [3.63, 3.8) is 0 Å². The number of amides is 1. The molecule has 3 aromatic rings. The Morgan fingerprint density at radius 3 is 2.83 bits per heavy atom. The van der Waals surface area contributed by atoms with Crippen LogP contribution >= 0.6 is 22.9 Å². The van der Waals surface area contributed by atoms with Crippen molar-refractivity contribution in [3.8, 4) is 0 Å². The monoisotopic (exact) mass is 349 g/mol. The summed E-state index contributed by atoms with van der Waals surface area (Å²) < 4.78 is 20.0. The Balaban J connectivity index is 2.03. The maximum absolute atomic E-state index is 14.1. The van der Waals surface area contributed by atoms with Crippen LogP contribution in [-0.4, -0.2) is 13.0 Å². The van der Waals surface area contributed by atoms with E-state index < -0.39 is 0 Å². The summed E-state index contributed by atoms with van der Waals surface area (Å²) in [5.41, 5.74) is 1.15. The van der Waals surface area contributed by atoms with Gasteiger partial charge in [0.1, 0.15) is 5.82 Å². The Kier molecular flexibility index (Phi) is 4.61. The lowest BCUT2D eigenvalue weighted by atomic mass is 10.1. The van der Waals surface area contributed by atoms with Crippen LogP contribution in [0.1, 0.15) is 15.2 Å². The van der Waals surface area contributed by atoms with E-state index in [1.54, 1.807) is 36.4 Å². The number of thiophene rings is 1. The third-order valence-electron chi connectivity index (χ3n) is 3.34. The molecular formula is C17H13ClFNO2S. The molecule has 0 aliphatic rings. The van der Waals surface area contributed by atoms with Crippen molar-refractivity contribution in [2.45, 2.75) is 6.61 Å². The lowest BCUT2D eigenvalue weighted by Gasteiger charge is -2.06. The number of hydrogen-bond donors (Lipinski definition) is 1. The van der Waals surface area contributed by atoms with E-state index in [4.69, 9.17) is 16.3 Å². The summed E-state index contributed by atoms with van der Waals surface area (Å²) in [4.78, 5) is 13.0. The number of rotatable bonds is 4. The summed E-state index contributed by atoms with van der Waals surface area (Å²) in [6.45, 7) is 0.166. The quantitative estimate of drug-likeness (QED) is 0.712. The van der Waals surface area contributed by atoms with E-state index in [1.165, 1.54) is 24.5 Å². The SMILES string of the molecule is COCc1c(C(=O)Nc2cccc(Cl)c2)sc2cccc(F)c12. The maximum Gasteiger partial charge on any atom is 0.266 e. The van der Waals surface area contributed by atoms with E-state index in [2.05, 4.69) is 5.32 Å². The van der Waals surface area contributed by atoms with Gasteiger partial charge in [0.05, 0.1) is 11.5 Å². The average molecular weight is 350 g/mol. The van der Waals surface area contributed by atoms with Crippen LogP contribution in [-0.2, 0) is 11.3 Å². The van der Waals surface area contributed by atoms with Gasteiger partial charge in [-0.1, -0.05) is 23.7 Å². The van der Waals surface area contributed by atoms with E-state index in [-0.39, 0.29) is 18.3 Å². The highest BCUT2D eigenvalue weighted by Crippen LogP contribution is 2.34. The van der Waals surface area contributed by atoms with Crippen molar-refractivity contribution in [1.82, 2.24) is 0 Å². The Bertz CT molecular complexity index is 878. The molecule has 3 nitrogen and oxygen atoms in total. The summed E-state index contributed by atoms with van der Waals surface area (Å²) in [5, 5.41) is 3.76. The fraction of sp³-hybridized carbons (Fsp3) is 0.118. The summed E-state index contributed by atoms with van der Waals surface area (Å²) in [6.07, 6.45) is 0. The smallest absolute Gasteiger partial charge is 0.266 e. The zero-order chi connectivity index (χ0) is 16.4. The molecule has 0 saturated carbocycles. The summed E-state index contributed by atoms with van der Waals surface area (Å²) in [6, 6.07) is 11.7. The molecule has 0 aliphatic heterocycles. The van der Waals surface area contributed by atoms with Gasteiger partial charge >= 0.3 is 0 Å². The van der Waals surface area contributed by atoms with Gasteiger partial charge in [-0.3, -0.25) is 4.79 Å². The van der Waals surface area contributed by atoms with Crippen LogP contribution in [0.2, 0.25) is 5.02 Å². The summed E-state index contributed by atoms with van der Waals surface area (Å²) in [7, 11) is 1.52. The number of carbonyl (C=O) groups excluding carboxylic acids is 1. The largest absolute Gasteiger partial charge is 0.380 e. The van der Waals surface area contributed by atoms with Crippen molar-refractivity contribution in [1.29, 1.82) is 0 Å². The van der Waals surface area contributed by atoms with Crippen LogP contribution in [0.15, 0.2) is 42.5 Å². The molecule has 0 unspecified atom stereocenters. The Labute approximate surface area is 141 Å². The topological polar surface area (TPSA) is 38.3 Å². The van der Waals surface area contributed by atoms with E-state index in [0.717, 1.165) is 0 Å². The predicted octanol–water partition coefficient (Wildman–Crippen LogP) is 5.09. The molecule has 2 aromatic carbocycles. The first-order chi connectivity index (χ1) is 11.1. The highest BCUT2D eigenvalue weighted by atomic mass is 35.5. The first-order valence-electron chi connectivity index (χ1n) is 6.86. The van der Waals surface area contributed by atoms with Crippen molar-refractivity contribution >= 4 is 44.6 Å². The number of ether oxygens (including phenoxy) is 1. The number of halogens is 2. The molecule has 0 radical (unpaired) electrons. The molecule has 0 aliphatic carbocycles. The highest BCUT2D eigenvalue weighted by molar-refractivity contribution is 7.21. The second-order valence-corrected chi connectivity index (χ2v) is 6.41. The molecule has 1 amide bonds. The minimum atomic E-state index is -0.354. The zero-order valence-corrected chi connectivity index (χ0v) is 13.8. The first kappa shape index (κ1) is 15.9. The van der Waals surface area contributed by atoms with Gasteiger partial charge in [0.25, 0.3) is 5.91 Å². The summed E-state index contributed by atoms with van der Waals surface area (Å²) >= 11 is 7.17. The van der Waals surface area contributed by atoms with E-state index >= 15 is 0 Å². The molecule has 0 spiro atoms. The second-order valence-electron chi connectivity index (χ2n) is 4.92. The highest BCUT2D eigenvalue weighted by Gasteiger charge is 2.20. The van der Waals surface area contributed by atoms with Gasteiger partial charge in [-0.15, -0.1) is 11.3 Å². The lowest BCUT2D eigenvalue weighted by molar-refractivity contribution is 0.102. The molecule has 0 fully saturated rings. The van der Waals surface area contributed by atoms with Crippen molar-refractivity contribution < 1.29 is 13.9 Å². The first-order valence-corrected chi connectivity index (χ1v) is 8.05. The van der Waals surface area contributed by atoms with Crippen LogP contribution in [0.25, 0.3) is 10.1 Å². The van der Waals surface area contributed by atoms with Crippen molar-refractivity contribution in [2.24, 2.45) is 0 Å². The maximum atomic E-state index is 14.1. The predicted molar refractivity (Wildman–Crippen MR) is 91.9 cm³/mol. The third kappa shape index (κ3) is 3.22. The molecule has 23 heavy (non-hydrogen) atoms. The van der Waals surface area contributed by atoms with E-state index in [1.807, 2.05) is 0 Å². The molecule has 6 heteroatoms. The van der Waals surface area contributed by atoms with E-state index in [0.29, 0.717) is 31.2 Å². The Morgan fingerprint density at radius 2 is 2.09 bits per heavy atom. The van der Waals surface area contributed by atoms with Crippen molar-refractivity contribution in [2.75, 3.05) is 12.4 Å². The number of carbonyl (C=O) groups is 1. The standard InChI is InChI=1S/C17H13ClFNO2S/c1-22-9-12-15-13(19)6-3-7-14(15)23-16(12)17(21)20-11-5-2-4-10(18)8-11/h2-8H,9H2,1H3,(H,20,21). The minimum absolute atomic E-state index is 0.166. The Morgan fingerprint density at radius 1 is 1.30 bits per heavy atom. The summed E-state index contributed by atoms with van der Waals surface area (Å²) in [5.74, 6) is -0.660. The molecule has 0 atom stereocenters. The number of methoxy groups -OCH3 is 1. The van der Waals surface area contributed by atoms with Crippen LogP contribution in [0.4, 0.5) is 10.1 Å². The van der Waals surface area contributed by atoms with Crippen LogP contribution in [0.3, 0.4) is 0 Å². The van der Waals surface area contributed by atoms with Gasteiger partial charge < -0.3 is 10.1 Å². The normalized spacial score (nSPS) is 10.9. The fourth-order valence-electron chi connectivity index (χ4n) is 2.39. The molecule has 1 aromatic heterocycles. The molecule has 1 heterocycles. The van der Waals surface area contributed by atoms with Gasteiger partial charge in [0, 0.05) is 33.5 Å². The number of anilines is 1. The molecule has 0 bridgehead atoms. The number of hydrogen-bond acceptors (Lipinski definition) is 3. The Hall–Kier alpha value is -1.95. The minimum Gasteiger partial charge on any atom is -0.380 e. The zero-order valence-electron chi connectivity index (χ0n) is 12.2. The van der Waals surface area contributed by atoms with Crippen molar-refractivity contribution in [3.05, 3.63) is 63.7 Å². The second kappa shape index (κ2) is 6.66. The van der Waals surface area contributed by atoms with Crippen LogP contribution in [0.5, 0.6) is 0 Å². The molecule has 0 saturated heterocycles.